The summed E-state index contributed by atoms with van der Waals surface area (Å²) in [5, 5.41) is 12.1. The molecule has 0 fully saturated rings. The Kier molecular flexibility index (Phi) is 3.34. The van der Waals surface area contributed by atoms with Crippen LogP contribution in [0.1, 0.15) is 6.92 Å². The van der Waals surface area contributed by atoms with Crippen molar-refractivity contribution in [2.75, 3.05) is 5.32 Å². The van der Waals surface area contributed by atoms with E-state index in [9.17, 15) is 9.90 Å². The first-order chi connectivity index (χ1) is 10.5. The van der Waals surface area contributed by atoms with E-state index in [1.807, 2.05) is 0 Å². The number of hydrogen-bond donors (Lipinski definition) is 2. The normalized spacial score (nSPS) is 10.6. The van der Waals surface area contributed by atoms with E-state index in [2.05, 4.69) is 20.3 Å². The summed E-state index contributed by atoms with van der Waals surface area (Å²) in [6.07, 6.45) is 3.04. The van der Waals surface area contributed by atoms with Crippen LogP contribution in [0.5, 0.6) is 17.5 Å². The first-order valence-electron chi connectivity index (χ1n) is 6.46. The molecule has 8 nitrogen and oxygen atoms in total. The molecular formula is C14H13N5O3. The maximum Gasteiger partial charge on any atom is 0.296 e. The summed E-state index contributed by atoms with van der Waals surface area (Å²) >= 11 is 0. The van der Waals surface area contributed by atoms with Crippen molar-refractivity contribution in [2.24, 2.45) is 7.05 Å². The van der Waals surface area contributed by atoms with E-state index in [1.165, 1.54) is 23.9 Å². The van der Waals surface area contributed by atoms with Gasteiger partial charge in [-0.3, -0.25) is 9.36 Å². The molecule has 112 valence electrons. The Hall–Kier alpha value is -3.16. The van der Waals surface area contributed by atoms with Crippen LogP contribution in [0.4, 0.5) is 5.82 Å². The molecule has 8 heteroatoms. The van der Waals surface area contributed by atoms with Gasteiger partial charge in [0.15, 0.2) is 5.65 Å². The number of carbonyl (C=O) groups is 1. The van der Waals surface area contributed by atoms with E-state index >= 15 is 0 Å². The molecule has 3 aromatic heterocycles. The van der Waals surface area contributed by atoms with Gasteiger partial charge in [-0.25, -0.2) is 9.97 Å². The summed E-state index contributed by atoms with van der Waals surface area (Å²) < 4.78 is 7.20. The van der Waals surface area contributed by atoms with Crippen LogP contribution in [0, 0.1) is 0 Å². The molecule has 0 bridgehead atoms. The zero-order valence-electron chi connectivity index (χ0n) is 11.9. The summed E-state index contributed by atoms with van der Waals surface area (Å²) in [4.78, 5) is 23.1. The maximum absolute atomic E-state index is 11.0. The quantitative estimate of drug-likeness (QED) is 0.764. The lowest BCUT2D eigenvalue weighted by Gasteiger charge is -2.07. The molecule has 3 rings (SSSR count). The van der Waals surface area contributed by atoms with Gasteiger partial charge in [-0.15, -0.1) is 0 Å². The summed E-state index contributed by atoms with van der Waals surface area (Å²) in [6, 6.07) is 4.87. The number of rotatable bonds is 3. The number of aromatic hydroxyl groups is 1. The van der Waals surface area contributed by atoms with Crippen molar-refractivity contribution in [3.8, 4) is 17.5 Å². The molecule has 2 N–H and O–H groups in total. The number of nitrogens with one attached hydrogen (secondary N) is 1. The lowest BCUT2D eigenvalue weighted by atomic mass is 10.4. The minimum Gasteiger partial charge on any atom is -0.480 e. The van der Waals surface area contributed by atoms with Crippen molar-refractivity contribution in [1.29, 1.82) is 0 Å². The Morgan fingerprint density at radius 3 is 2.91 bits per heavy atom. The second kappa shape index (κ2) is 5.32. The van der Waals surface area contributed by atoms with E-state index in [1.54, 1.807) is 25.2 Å². The van der Waals surface area contributed by atoms with Crippen molar-refractivity contribution in [1.82, 2.24) is 19.5 Å². The van der Waals surface area contributed by atoms with Gasteiger partial charge in [0.05, 0.1) is 11.7 Å². The number of pyridine rings is 2. The molecule has 3 heterocycles. The third-order valence-electron chi connectivity index (χ3n) is 2.96. The predicted octanol–water partition coefficient (Wildman–Crippen LogP) is 1.82. The van der Waals surface area contributed by atoms with Crippen LogP contribution in [0.2, 0.25) is 0 Å². The van der Waals surface area contributed by atoms with E-state index in [0.717, 1.165) is 0 Å². The van der Waals surface area contributed by atoms with Crippen LogP contribution in [0.15, 0.2) is 30.6 Å². The molecule has 0 aliphatic rings. The fourth-order valence-electron chi connectivity index (χ4n) is 1.95. The maximum atomic E-state index is 11.0. The standard InChI is InChI=1S/C14H13N5O3/c1-8(20)17-12-6-9(3-4-15-12)22-10-5-11-13(16-7-10)18-14(21)19(11)2/h3-7H,1-2H3,(H,15,17,20)(H,16,18,21). The highest BCUT2D eigenvalue weighted by atomic mass is 16.5. The number of anilines is 1. The molecule has 22 heavy (non-hydrogen) atoms. The largest absolute Gasteiger partial charge is 0.480 e. The van der Waals surface area contributed by atoms with Crippen LogP contribution in [-0.4, -0.2) is 30.5 Å². The summed E-state index contributed by atoms with van der Waals surface area (Å²) in [5.74, 6) is 1.18. The number of aryl methyl sites for hydroxylation is 1. The van der Waals surface area contributed by atoms with Gasteiger partial charge in [-0.05, 0) is 6.07 Å². The Labute approximate surface area is 125 Å². The third-order valence-corrected chi connectivity index (χ3v) is 2.96. The van der Waals surface area contributed by atoms with Crippen LogP contribution >= 0.6 is 0 Å². The zero-order chi connectivity index (χ0) is 15.7. The fraction of sp³-hybridized carbons (Fsp3) is 0.143. The molecule has 0 spiro atoms. The second-order valence-electron chi connectivity index (χ2n) is 4.64. The number of nitrogens with zero attached hydrogens (tertiary/aromatic N) is 4. The number of aromatic nitrogens is 4. The smallest absolute Gasteiger partial charge is 0.296 e. The van der Waals surface area contributed by atoms with Crippen molar-refractivity contribution >= 4 is 22.9 Å². The lowest BCUT2D eigenvalue weighted by Crippen LogP contribution is -2.07. The van der Waals surface area contributed by atoms with E-state index < -0.39 is 0 Å². The lowest BCUT2D eigenvalue weighted by molar-refractivity contribution is -0.114. The molecular weight excluding hydrogens is 286 g/mol. The number of carbonyl (C=O) groups excluding carboxylic acids is 1. The fourth-order valence-corrected chi connectivity index (χ4v) is 1.95. The Morgan fingerprint density at radius 2 is 2.14 bits per heavy atom. The van der Waals surface area contributed by atoms with Gasteiger partial charge in [-0.1, -0.05) is 0 Å². The molecule has 0 aliphatic heterocycles. The summed E-state index contributed by atoms with van der Waals surface area (Å²) in [5.41, 5.74) is 1.08. The van der Waals surface area contributed by atoms with Gasteiger partial charge in [0.2, 0.25) is 5.91 Å². The number of amides is 1. The Morgan fingerprint density at radius 1 is 1.32 bits per heavy atom. The van der Waals surface area contributed by atoms with Crippen molar-refractivity contribution in [2.45, 2.75) is 6.92 Å². The number of ether oxygens (including phenoxy) is 1. The van der Waals surface area contributed by atoms with Gasteiger partial charge in [0, 0.05) is 32.3 Å². The van der Waals surface area contributed by atoms with E-state index in [-0.39, 0.29) is 11.9 Å². The minimum atomic E-state index is -0.210. The summed E-state index contributed by atoms with van der Waals surface area (Å²) in [6.45, 7) is 1.40. The Balaban J connectivity index is 1.89. The van der Waals surface area contributed by atoms with Crippen molar-refractivity contribution in [3.63, 3.8) is 0 Å². The molecule has 0 aromatic carbocycles. The molecule has 0 saturated carbocycles. The van der Waals surface area contributed by atoms with Crippen LogP contribution in [0.25, 0.3) is 11.2 Å². The zero-order valence-corrected chi connectivity index (χ0v) is 11.9. The molecule has 0 saturated heterocycles. The minimum absolute atomic E-state index is 0.114. The molecule has 0 radical (unpaired) electrons. The van der Waals surface area contributed by atoms with Gasteiger partial charge < -0.3 is 15.2 Å². The highest BCUT2D eigenvalue weighted by Crippen LogP contribution is 2.26. The number of hydrogen-bond acceptors (Lipinski definition) is 6. The number of imidazole rings is 1. The van der Waals surface area contributed by atoms with Gasteiger partial charge in [0.1, 0.15) is 17.3 Å². The topological polar surface area (TPSA) is 102 Å². The molecule has 3 aromatic rings. The highest BCUT2D eigenvalue weighted by molar-refractivity contribution is 5.87. The van der Waals surface area contributed by atoms with Crippen LogP contribution in [0.3, 0.4) is 0 Å². The van der Waals surface area contributed by atoms with Gasteiger partial charge in [0.25, 0.3) is 6.01 Å². The second-order valence-corrected chi connectivity index (χ2v) is 4.64. The van der Waals surface area contributed by atoms with Crippen LogP contribution < -0.4 is 10.1 Å². The Bertz CT molecular complexity index is 859. The molecule has 1 amide bonds. The number of fused-ring (bicyclic) bond motifs is 1. The SMILES string of the molecule is CC(=O)Nc1cc(Oc2cnc3nc(O)n(C)c3c2)ccn1. The monoisotopic (exact) mass is 299 g/mol. The predicted molar refractivity (Wildman–Crippen MR) is 78.8 cm³/mol. The molecule has 0 unspecified atom stereocenters. The summed E-state index contributed by atoms with van der Waals surface area (Å²) in [7, 11) is 1.68. The van der Waals surface area contributed by atoms with Crippen LogP contribution in [-0.2, 0) is 11.8 Å². The van der Waals surface area contributed by atoms with E-state index in [4.69, 9.17) is 4.74 Å². The van der Waals surface area contributed by atoms with Gasteiger partial charge >= 0.3 is 0 Å². The molecule has 0 atom stereocenters. The molecule has 0 aliphatic carbocycles. The van der Waals surface area contributed by atoms with E-state index in [0.29, 0.717) is 28.5 Å². The average Bonchev–Trinajstić information content (AvgIpc) is 2.74. The first-order valence-corrected chi connectivity index (χ1v) is 6.46. The first kappa shape index (κ1) is 13.8. The third kappa shape index (κ3) is 2.66. The highest BCUT2D eigenvalue weighted by Gasteiger charge is 2.09. The average molecular weight is 299 g/mol. The van der Waals surface area contributed by atoms with Crippen molar-refractivity contribution < 1.29 is 14.6 Å². The van der Waals surface area contributed by atoms with Gasteiger partial charge in [-0.2, -0.15) is 4.98 Å². The van der Waals surface area contributed by atoms with Crippen molar-refractivity contribution in [3.05, 3.63) is 30.6 Å².